The Bertz CT molecular complexity index is 1880. The maximum atomic E-state index is 12.6. The second kappa shape index (κ2) is 19.1. The summed E-state index contributed by atoms with van der Waals surface area (Å²) < 4.78 is 40.5. The van der Waals surface area contributed by atoms with Gasteiger partial charge in [0.25, 0.3) is 0 Å². The Morgan fingerprint density at radius 1 is 0.772 bits per heavy atom. The molecule has 1 fully saturated rings. The molecule has 2 atom stereocenters. The standard InChI is InChI=1S/C44H58N2O11/c1-45(18-13-33-25-34(28-47)35(29-48)26-36(33)37(45)21-32-23-40(51-2)44(53-4)41(24-32)52-3)14-7-19-54-42(49)11-12-43(50)55-20-8-17-46(15-5-6-16-46)27-31-9-10-38-39(22-31)57-30-56-38/h9-12,22-26,37,47-48H,5-8,13-21,27-30H2,1-4H3/q+2/b12-11-/t37-,45-/m1/s1. The van der Waals surface area contributed by atoms with E-state index >= 15 is 0 Å². The van der Waals surface area contributed by atoms with E-state index in [-0.39, 0.29) is 39.3 Å². The number of fused-ring (bicyclic) bond motifs is 2. The molecule has 13 heteroatoms. The zero-order chi connectivity index (χ0) is 40.4. The van der Waals surface area contributed by atoms with Crippen molar-refractivity contribution in [1.82, 2.24) is 0 Å². The molecule has 3 aliphatic heterocycles. The average molecular weight is 791 g/mol. The molecule has 0 spiro atoms. The third kappa shape index (κ3) is 10.0. The lowest BCUT2D eigenvalue weighted by Gasteiger charge is -2.46. The molecular formula is C44H58N2O11+2. The van der Waals surface area contributed by atoms with Gasteiger partial charge in [0.05, 0.1) is 87.5 Å². The number of aliphatic hydroxyl groups excluding tert-OH is 2. The number of carbonyl (C=O) groups is 2. The minimum Gasteiger partial charge on any atom is -0.493 e. The predicted octanol–water partition coefficient (Wildman–Crippen LogP) is 4.95. The minimum absolute atomic E-state index is 0.0222. The molecule has 57 heavy (non-hydrogen) atoms. The number of esters is 2. The van der Waals surface area contributed by atoms with E-state index in [9.17, 15) is 19.8 Å². The Morgan fingerprint density at radius 2 is 1.40 bits per heavy atom. The van der Waals surface area contributed by atoms with Gasteiger partial charge in [-0.15, -0.1) is 0 Å². The quantitative estimate of drug-likeness (QED) is 0.0739. The predicted molar refractivity (Wildman–Crippen MR) is 211 cm³/mol. The Kier molecular flexibility index (Phi) is 14.0. The molecule has 0 unspecified atom stereocenters. The highest BCUT2D eigenvalue weighted by Gasteiger charge is 2.40. The van der Waals surface area contributed by atoms with Gasteiger partial charge in [0, 0.05) is 61.8 Å². The molecule has 0 amide bonds. The number of carbonyl (C=O) groups excluding carboxylic acids is 2. The molecule has 308 valence electrons. The van der Waals surface area contributed by atoms with Crippen LogP contribution in [-0.2, 0) is 51.7 Å². The number of methoxy groups -OCH3 is 3. The fraction of sp³-hybridized carbons (Fsp3) is 0.500. The van der Waals surface area contributed by atoms with Crippen LogP contribution in [0.3, 0.4) is 0 Å². The van der Waals surface area contributed by atoms with Crippen LogP contribution < -0.4 is 23.7 Å². The fourth-order valence-electron chi connectivity index (χ4n) is 8.82. The van der Waals surface area contributed by atoms with Crippen LogP contribution in [0.2, 0.25) is 0 Å². The number of benzene rings is 3. The molecule has 2 N–H and O–H groups in total. The van der Waals surface area contributed by atoms with Gasteiger partial charge >= 0.3 is 11.9 Å². The number of quaternary nitrogens is 2. The zero-order valence-electron chi connectivity index (χ0n) is 33.8. The van der Waals surface area contributed by atoms with Gasteiger partial charge in [-0.1, -0.05) is 6.07 Å². The van der Waals surface area contributed by atoms with Crippen molar-refractivity contribution in [2.24, 2.45) is 0 Å². The third-order valence-electron chi connectivity index (χ3n) is 11.9. The van der Waals surface area contributed by atoms with Gasteiger partial charge in [-0.05, 0) is 58.7 Å². The van der Waals surface area contributed by atoms with Gasteiger partial charge in [0.1, 0.15) is 12.6 Å². The average Bonchev–Trinajstić information content (AvgIpc) is 3.90. The van der Waals surface area contributed by atoms with E-state index in [4.69, 9.17) is 33.2 Å². The Morgan fingerprint density at radius 3 is 2.04 bits per heavy atom. The number of hydrogen-bond acceptors (Lipinski definition) is 11. The van der Waals surface area contributed by atoms with Crippen LogP contribution in [0.5, 0.6) is 28.7 Å². The first-order chi connectivity index (χ1) is 27.6. The molecule has 0 bridgehead atoms. The second-order valence-corrected chi connectivity index (χ2v) is 15.5. The van der Waals surface area contributed by atoms with E-state index < -0.39 is 11.9 Å². The minimum atomic E-state index is -0.595. The Labute approximate surface area is 335 Å². The van der Waals surface area contributed by atoms with Crippen molar-refractivity contribution in [3.8, 4) is 28.7 Å². The lowest BCUT2D eigenvalue weighted by molar-refractivity contribution is -0.941. The molecule has 3 aromatic carbocycles. The summed E-state index contributed by atoms with van der Waals surface area (Å²) in [5.41, 5.74) is 5.89. The Balaban J connectivity index is 1.01. The number of rotatable bonds is 19. The lowest BCUT2D eigenvalue weighted by atomic mass is 9.84. The van der Waals surface area contributed by atoms with E-state index in [1.54, 1.807) is 21.3 Å². The number of aliphatic hydroxyl groups is 2. The number of likely N-dealkylation sites (N-methyl/N-ethyl adjacent to an activating group) is 1. The van der Waals surface area contributed by atoms with Crippen molar-refractivity contribution in [2.45, 2.75) is 64.3 Å². The highest BCUT2D eigenvalue weighted by molar-refractivity contribution is 5.91. The SMILES string of the molecule is COc1cc(C[C@@H]2c3cc(CO)c(CO)cc3CC[N@@+]2(C)CCCOC(=O)/C=C\C(=O)OCCC[N+]2(Cc3ccc4c(c3)OCO4)CCCC2)cc(OC)c1OC. The van der Waals surface area contributed by atoms with Crippen molar-refractivity contribution in [1.29, 1.82) is 0 Å². The number of likely N-dealkylation sites (tertiary alicyclic amines) is 1. The zero-order valence-corrected chi connectivity index (χ0v) is 33.8. The Hall–Kier alpha value is -4.82. The van der Waals surface area contributed by atoms with Crippen LogP contribution in [0.25, 0.3) is 0 Å². The van der Waals surface area contributed by atoms with E-state index in [1.807, 2.05) is 30.3 Å². The van der Waals surface area contributed by atoms with Gasteiger partial charge in [-0.2, -0.15) is 0 Å². The summed E-state index contributed by atoms with van der Waals surface area (Å²) in [5.74, 6) is 2.07. The highest BCUT2D eigenvalue weighted by Crippen LogP contribution is 2.43. The van der Waals surface area contributed by atoms with Gasteiger partial charge in [-0.3, -0.25) is 0 Å². The van der Waals surface area contributed by atoms with Gasteiger partial charge in [0.2, 0.25) is 12.5 Å². The molecule has 3 heterocycles. The van der Waals surface area contributed by atoms with E-state index in [0.29, 0.717) is 46.7 Å². The van der Waals surface area contributed by atoms with E-state index in [0.717, 1.165) is 96.0 Å². The maximum absolute atomic E-state index is 12.6. The first-order valence-corrected chi connectivity index (χ1v) is 19.9. The molecule has 0 saturated carbocycles. The summed E-state index contributed by atoms with van der Waals surface area (Å²) in [6.07, 6.45) is 7.36. The smallest absolute Gasteiger partial charge is 0.331 e. The highest BCUT2D eigenvalue weighted by atomic mass is 16.7. The summed E-state index contributed by atoms with van der Waals surface area (Å²) in [6.45, 7) is 5.89. The molecule has 0 aliphatic carbocycles. The first kappa shape index (κ1) is 41.8. The second-order valence-electron chi connectivity index (χ2n) is 15.5. The maximum Gasteiger partial charge on any atom is 0.331 e. The molecular weight excluding hydrogens is 732 g/mol. The van der Waals surface area contributed by atoms with Crippen LogP contribution in [0, 0.1) is 0 Å². The van der Waals surface area contributed by atoms with Crippen LogP contribution in [0.4, 0.5) is 0 Å². The van der Waals surface area contributed by atoms with Crippen LogP contribution in [-0.4, -0.2) is 112 Å². The van der Waals surface area contributed by atoms with Gasteiger partial charge in [-0.25, -0.2) is 9.59 Å². The summed E-state index contributed by atoms with van der Waals surface area (Å²) in [5, 5.41) is 20.2. The lowest BCUT2D eigenvalue weighted by Crippen LogP contribution is -2.52. The molecule has 3 aromatic rings. The normalized spacial score (nSPS) is 19.3. The summed E-state index contributed by atoms with van der Waals surface area (Å²) in [4.78, 5) is 25.1. The van der Waals surface area contributed by atoms with Crippen LogP contribution in [0.15, 0.2) is 54.6 Å². The molecule has 3 aliphatic rings. The van der Waals surface area contributed by atoms with Crippen molar-refractivity contribution < 1.29 is 61.9 Å². The molecule has 1 saturated heterocycles. The largest absolute Gasteiger partial charge is 0.493 e. The summed E-state index contributed by atoms with van der Waals surface area (Å²) >= 11 is 0. The van der Waals surface area contributed by atoms with Crippen LogP contribution >= 0.6 is 0 Å². The van der Waals surface area contributed by atoms with E-state index in [2.05, 4.69) is 19.2 Å². The van der Waals surface area contributed by atoms with Gasteiger partial charge < -0.3 is 52.3 Å². The number of hydrogen-bond donors (Lipinski definition) is 2. The third-order valence-corrected chi connectivity index (χ3v) is 11.9. The van der Waals surface area contributed by atoms with Crippen molar-refractivity contribution in [2.75, 3.05) is 81.1 Å². The van der Waals surface area contributed by atoms with Crippen molar-refractivity contribution in [3.63, 3.8) is 0 Å². The van der Waals surface area contributed by atoms with E-state index in [1.165, 1.54) is 18.4 Å². The fourth-order valence-corrected chi connectivity index (χ4v) is 8.82. The first-order valence-electron chi connectivity index (χ1n) is 19.9. The monoisotopic (exact) mass is 790 g/mol. The molecule has 0 aromatic heterocycles. The molecule has 13 nitrogen and oxygen atoms in total. The summed E-state index contributed by atoms with van der Waals surface area (Å²) in [7, 11) is 6.97. The topological polar surface area (TPSA) is 139 Å². The molecule has 0 radical (unpaired) electrons. The number of nitrogens with zero attached hydrogens (tertiary/aromatic N) is 2. The summed E-state index contributed by atoms with van der Waals surface area (Å²) in [6, 6.07) is 14.1. The van der Waals surface area contributed by atoms with Gasteiger partial charge in [0.15, 0.2) is 23.0 Å². The van der Waals surface area contributed by atoms with Crippen LogP contribution in [0.1, 0.15) is 65.1 Å². The van der Waals surface area contributed by atoms with Crippen molar-refractivity contribution >= 4 is 11.9 Å². The molecule has 6 rings (SSSR count). The number of ether oxygens (including phenoxy) is 7. The van der Waals surface area contributed by atoms with Crippen molar-refractivity contribution in [3.05, 3.63) is 88.0 Å².